The van der Waals surface area contributed by atoms with Gasteiger partial charge in [-0.1, -0.05) is 13.0 Å². The lowest BCUT2D eigenvalue weighted by Gasteiger charge is -2.29. The highest BCUT2D eigenvalue weighted by molar-refractivity contribution is 6.02. The van der Waals surface area contributed by atoms with Crippen LogP contribution >= 0.6 is 0 Å². The number of hydrogen-bond donors (Lipinski definition) is 2. The molecular formula is C15H23N3O. The van der Waals surface area contributed by atoms with E-state index in [1.165, 1.54) is 0 Å². The fourth-order valence-electron chi connectivity index (χ4n) is 2.48. The van der Waals surface area contributed by atoms with E-state index in [0.29, 0.717) is 0 Å². The number of carbonyl (C=O) groups is 1. The number of amides is 1. The van der Waals surface area contributed by atoms with E-state index in [-0.39, 0.29) is 11.9 Å². The van der Waals surface area contributed by atoms with Crippen molar-refractivity contribution in [2.24, 2.45) is 0 Å². The van der Waals surface area contributed by atoms with E-state index in [1.54, 1.807) is 0 Å². The number of fused-ring (bicyclic) bond motifs is 1. The fraction of sp³-hybridized carbons (Fsp3) is 0.533. The van der Waals surface area contributed by atoms with Crippen LogP contribution in [0, 0.1) is 0 Å². The Balaban J connectivity index is 2.33. The fourth-order valence-corrected chi connectivity index (χ4v) is 2.48. The van der Waals surface area contributed by atoms with E-state index in [9.17, 15) is 4.79 Å². The predicted molar refractivity (Wildman–Crippen MR) is 79.9 cm³/mol. The number of nitrogens with one attached hydrogen (secondary N) is 2. The van der Waals surface area contributed by atoms with E-state index in [2.05, 4.69) is 24.5 Å². The van der Waals surface area contributed by atoms with Gasteiger partial charge in [-0.25, -0.2) is 0 Å². The number of anilines is 2. The topological polar surface area (TPSA) is 44.4 Å². The first-order valence-electron chi connectivity index (χ1n) is 7.10. The van der Waals surface area contributed by atoms with Crippen LogP contribution in [0.15, 0.2) is 18.2 Å². The van der Waals surface area contributed by atoms with Crippen LogP contribution in [-0.4, -0.2) is 36.5 Å². The summed E-state index contributed by atoms with van der Waals surface area (Å²) in [7, 11) is 0. The molecule has 1 aromatic carbocycles. The molecule has 4 nitrogen and oxygen atoms in total. The number of para-hydroxylation sites is 1. The van der Waals surface area contributed by atoms with Crippen molar-refractivity contribution in [1.29, 1.82) is 0 Å². The second-order valence-corrected chi connectivity index (χ2v) is 4.93. The second-order valence-electron chi connectivity index (χ2n) is 4.93. The Bertz CT molecular complexity index is 459. The number of rotatable bonds is 4. The summed E-state index contributed by atoms with van der Waals surface area (Å²) >= 11 is 0. The van der Waals surface area contributed by atoms with Gasteiger partial charge in [-0.2, -0.15) is 0 Å². The molecule has 1 aliphatic heterocycles. The van der Waals surface area contributed by atoms with Crippen molar-refractivity contribution < 1.29 is 4.79 Å². The van der Waals surface area contributed by atoms with Crippen LogP contribution < -0.4 is 10.6 Å². The minimum Gasteiger partial charge on any atom is -0.382 e. The zero-order valence-electron chi connectivity index (χ0n) is 12.0. The largest absolute Gasteiger partial charge is 0.382 e. The van der Waals surface area contributed by atoms with Crippen LogP contribution in [0.3, 0.4) is 0 Å². The maximum Gasteiger partial charge on any atom is 0.256 e. The number of benzene rings is 1. The molecule has 0 saturated heterocycles. The molecule has 2 rings (SSSR count). The molecule has 4 heteroatoms. The highest BCUT2D eigenvalue weighted by Gasteiger charge is 2.23. The molecule has 1 aliphatic rings. The van der Waals surface area contributed by atoms with Crippen LogP contribution in [0.2, 0.25) is 0 Å². The molecule has 0 aliphatic carbocycles. The Morgan fingerprint density at radius 2 is 2.05 bits per heavy atom. The maximum absolute atomic E-state index is 12.7. The average molecular weight is 261 g/mol. The van der Waals surface area contributed by atoms with Gasteiger partial charge in [0.25, 0.3) is 5.91 Å². The Hall–Kier alpha value is -1.71. The van der Waals surface area contributed by atoms with Gasteiger partial charge >= 0.3 is 0 Å². The van der Waals surface area contributed by atoms with Crippen LogP contribution in [0.4, 0.5) is 11.4 Å². The van der Waals surface area contributed by atoms with E-state index in [0.717, 1.165) is 43.0 Å². The van der Waals surface area contributed by atoms with E-state index in [1.807, 2.05) is 30.0 Å². The van der Waals surface area contributed by atoms with Gasteiger partial charge in [-0.3, -0.25) is 4.79 Å². The van der Waals surface area contributed by atoms with Crippen molar-refractivity contribution in [3.05, 3.63) is 23.8 Å². The van der Waals surface area contributed by atoms with Crippen molar-refractivity contribution in [2.45, 2.75) is 33.2 Å². The Labute approximate surface area is 115 Å². The third-order valence-electron chi connectivity index (χ3n) is 3.76. The summed E-state index contributed by atoms with van der Waals surface area (Å²) in [5.74, 6) is 0.116. The predicted octanol–water partition coefficient (Wildman–Crippen LogP) is 2.78. The molecule has 2 N–H and O–H groups in total. The molecule has 104 valence electrons. The smallest absolute Gasteiger partial charge is 0.256 e. The Morgan fingerprint density at radius 3 is 2.74 bits per heavy atom. The average Bonchev–Trinajstić information content (AvgIpc) is 2.47. The summed E-state index contributed by atoms with van der Waals surface area (Å²) in [6, 6.07) is 6.13. The minimum atomic E-state index is 0.116. The van der Waals surface area contributed by atoms with Crippen LogP contribution in [0.5, 0.6) is 0 Å². The van der Waals surface area contributed by atoms with Crippen LogP contribution in [-0.2, 0) is 0 Å². The Morgan fingerprint density at radius 1 is 1.32 bits per heavy atom. The Kier molecular flexibility index (Phi) is 4.30. The highest BCUT2D eigenvalue weighted by Crippen LogP contribution is 2.29. The molecule has 0 aromatic heterocycles. The molecule has 1 atom stereocenters. The summed E-state index contributed by atoms with van der Waals surface area (Å²) in [5.41, 5.74) is 2.74. The molecule has 0 fully saturated rings. The van der Waals surface area contributed by atoms with Crippen LogP contribution in [0.25, 0.3) is 0 Å². The van der Waals surface area contributed by atoms with E-state index < -0.39 is 0 Å². The summed E-state index contributed by atoms with van der Waals surface area (Å²) in [6.07, 6.45) is 0.973. The minimum absolute atomic E-state index is 0.116. The zero-order valence-corrected chi connectivity index (χ0v) is 12.0. The zero-order chi connectivity index (χ0) is 13.8. The van der Waals surface area contributed by atoms with Gasteiger partial charge in [0, 0.05) is 25.7 Å². The van der Waals surface area contributed by atoms with Crippen molar-refractivity contribution in [3.8, 4) is 0 Å². The van der Waals surface area contributed by atoms with Gasteiger partial charge in [-0.05, 0) is 32.4 Å². The van der Waals surface area contributed by atoms with Gasteiger partial charge in [-0.15, -0.1) is 0 Å². The lowest BCUT2D eigenvalue weighted by atomic mass is 10.1. The maximum atomic E-state index is 12.7. The first kappa shape index (κ1) is 13.7. The third-order valence-corrected chi connectivity index (χ3v) is 3.76. The third kappa shape index (κ3) is 2.67. The molecule has 19 heavy (non-hydrogen) atoms. The number of nitrogens with zero attached hydrogens (tertiary/aromatic N) is 1. The van der Waals surface area contributed by atoms with E-state index in [4.69, 9.17) is 0 Å². The summed E-state index contributed by atoms with van der Waals surface area (Å²) < 4.78 is 0. The lowest BCUT2D eigenvalue weighted by molar-refractivity contribution is 0.0701. The second kappa shape index (κ2) is 5.95. The SMILES string of the molecule is CCC(C)N(CC)C(=O)c1cccc2c1NCCN2. The van der Waals surface area contributed by atoms with Crippen molar-refractivity contribution in [2.75, 3.05) is 30.3 Å². The molecule has 1 heterocycles. The standard InChI is InChI=1S/C15H23N3O/c1-4-11(3)18(5-2)15(19)12-7-6-8-13-14(12)17-10-9-16-13/h6-8,11,16-17H,4-5,9-10H2,1-3H3. The molecular weight excluding hydrogens is 238 g/mol. The first-order valence-corrected chi connectivity index (χ1v) is 7.10. The molecule has 1 aromatic rings. The number of carbonyl (C=O) groups excluding carboxylic acids is 1. The first-order chi connectivity index (χ1) is 9.19. The molecule has 0 bridgehead atoms. The van der Waals surface area contributed by atoms with Gasteiger partial charge in [0.1, 0.15) is 0 Å². The quantitative estimate of drug-likeness (QED) is 0.876. The highest BCUT2D eigenvalue weighted by atomic mass is 16.2. The molecule has 0 radical (unpaired) electrons. The number of hydrogen-bond acceptors (Lipinski definition) is 3. The summed E-state index contributed by atoms with van der Waals surface area (Å²) in [4.78, 5) is 14.6. The van der Waals surface area contributed by atoms with E-state index >= 15 is 0 Å². The molecule has 1 amide bonds. The summed E-state index contributed by atoms with van der Waals surface area (Å²) in [6.45, 7) is 8.74. The summed E-state index contributed by atoms with van der Waals surface area (Å²) in [5, 5.41) is 6.66. The van der Waals surface area contributed by atoms with Crippen LogP contribution in [0.1, 0.15) is 37.6 Å². The molecule has 1 unspecified atom stereocenters. The van der Waals surface area contributed by atoms with Gasteiger partial charge < -0.3 is 15.5 Å². The van der Waals surface area contributed by atoms with Gasteiger partial charge in [0.05, 0.1) is 16.9 Å². The molecule has 0 saturated carbocycles. The lowest BCUT2D eigenvalue weighted by Crippen LogP contribution is -2.38. The van der Waals surface area contributed by atoms with Gasteiger partial charge in [0.15, 0.2) is 0 Å². The molecule has 0 spiro atoms. The van der Waals surface area contributed by atoms with Crippen molar-refractivity contribution >= 4 is 17.3 Å². The monoisotopic (exact) mass is 261 g/mol. The van der Waals surface area contributed by atoms with Crippen molar-refractivity contribution in [1.82, 2.24) is 4.90 Å². The van der Waals surface area contributed by atoms with Crippen molar-refractivity contribution in [3.63, 3.8) is 0 Å². The van der Waals surface area contributed by atoms with Gasteiger partial charge in [0.2, 0.25) is 0 Å². The normalized spacial score (nSPS) is 14.9.